The average molecular weight is 572 g/mol. The highest BCUT2D eigenvalue weighted by Gasteiger charge is 2.38. The molecule has 0 unspecified atom stereocenters. The number of halogens is 4. The Bertz CT molecular complexity index is 1450. The van der Waals surface area contributed by atoms with Gasteiger partial charge in [-0.25, -0.2) is 14.2 Å². The van der Waals surface area contributed by atoms with Crippen LogP contribution in [0.2, 0.25) is 5.02 Å². The van der Waals surface area contributed by atoms with Crippen LogP contribution in [0.15, 0.2) is 40.7 Å². The van der Waals surface area contributed by atoms with Gasteiger partial charge >= 0.3 is 6.18 Å². The van der Waals surface area contributed by atoms with E-state index in [0.717, 1.165) is 13.3 Å². The Morgan fingerprint density at radius 3 is 2.63 bits per heavy atom. The normalized spacial score (nSPS) is 17.2. The van der Waals surface area contributed by atoms with Crippen molar-refractivity contribution in [3.63, 3.8) is 0 Å². The lowest BCUT2D eigenvalue weighted by Crippen LogP contribution is -2.47. The largest absolute Gasteiger partial charge is 0.479 e. The summed E-state index contributed by atoms with van der Waals surface area (Å²) < 4.78 is 61.2. The second kappa shape index (κ2) is 12.2. The van der Waals surface area contributed by atoms with E-state index in [1.807, 2.05) is 18.3 Å². The third kappa shape index (κ3) is 7.70. The predicted octanol–water partition coefficient (Wildman–Crippen LogP) is 4.06. The minimum atomic E-state index is -4.59. The molecule has 2 heterocycles. The summed E-state index contributed by atoms with van der Waals surface area (Å²) in [5.41, 5.74) is 0.897. The summed E-state index contributed by atoms with van der Waals surface area (Å²) in [6.45, 7) is 8.17. The van der Waals surface area contributed by atoms with Crippen LogP contribution in [-0.2, 0) is 14.5 Å². The quantitative estimate of drug-likeness (QED) is 0.470. The van der Waals surface area contributed by atoms with Gasteiger partial charge in [-0.05, 0) is 44.9 Å². The maximum Gasteiger partial charge on any atom is 0.408 e. The zero-order chi connectivity index (χ0) is 28.1. The topological polar surface area (TPSA) is 106 Å². The number of hydrogen-bond acceptors (Lipinski definition) is 7. The number of carbonyl (C=O) groups is 1. The number of carbonyl (C=O) groups excluding carboxylic acids is 1. The first-order chi connectivity index (χ1) is 17.8. The highest BCUT2D eigenvalue weighted by molar-refractivity contribution is 7.94. The van der Waals surface area contributed by atoms with E-state index in [-0.39, 0.29) is 10.8 Å². The summed E-state index contributed by atoms with van der Waals surface area (Å²) in [6, 6.07) is 2.53. The number of hydrogen-bond donors (Lipinski definition) is 2. The van der Waals surface area contributed by atoms with Crippen LogP contribution < -0.4 is 25.9 Å². The monoisotopic (exact) mass is 571 g/mol. The number of nitrogens with zero attached hydrogens (tertiary/aromatic N) is 3. The third-order valence-corrected chi connectivity index (χ3v) is 8.23. The first-order valence-electron chi connectivity index (χ1n) is 11.9. The van der Waals surface area contributed by atoms with Crippen LogP contribution in [0.25, 0.3) is 12.7 Å². The van der Waals surface area contributed by atoms with E-state index in [1.54, 1.807) is 18.2 Å². The fraction of sp³-hybridized carbons (Fsp3) is 0.400. The molecule has 1 aliphatic heterocycles. The molecule has 0 radical (unpaired) electrons. The SMILES string of the molecule is C=c1c(Nc2ccc(Cl)cc2O[C@H](C)C(=O)N[C@H](C)C(F)(F)F)ncn/c1=C/C(=C\CC)N=S1(=O)CCC1. The van der Waals surface area contributed by atoms with Gasteiger partial charge in [-0.3, -0.25) is 4.79 Å². The molecule has 2 N–H and O–H groups in total. The maximum atomic E-state index is 12.8. The Hall–Kier alpha value is -3.12. The number of alkyl halides is 3. The number of nitrogens with one attached hydrogen (secondary N) is 2. The first-order valence-corrected chi connectivity index (χ1v) is 14.1. The summed E-state index contributed by atoms with van der Waals surface area (Å²) in [5, 5.41) is 6.10. The zero-order valence-electron chi connectivity index (χ0n) is 21.1. The highest BCUT2D eigenvalue weighted by atomic mass is 35.5. The van der Waals surface area contributed by atoms with Crippen molar-refractivity contribution in [1.29, 1.82) is 0 Å². The molecule has 38 heavy (non-hydrogen) atoms. The zero-order valence-corrected chi connectivity index (χ0v) is 22.7. The van der Waals surface area contributed by atoms with Crippen LogP contribution in [-0.4, -0.2) is 49.9 Å². The van der Waals surface area contributed by atoms with E-state index < -0.39 is 34.0 Å². The minimum Gasteiger partial charge on any atom is -0.479 e. The number of ether oxygens (including phenoxy) is 1. The van der Waals surface area contributed by atoms with Gasteiger partial charge < -0.3 is 15.4 Å². The molecule has 1 saturated heterocycles. The van der Waals surface area contributed by atoms with Crippen LogP contribution in [0.1, 0.15) is 33.6 Å². The molecule has 1 aliphatic rings. The van der Waals surface area contributed by atoms with Gasteiger partial charge in [0.05, 0.1) is 26.5 Å². The van der Waals surface area contributed by atoms with E-state index in [9.17, 15) is 22.2 Å². The lowest BCUT2D eigenvalue weighted by Gasteiger charge is -2.21. The molecule has 1 aromatic heterocycles. The molecule has 3 rings (SSSR count). The van der Waals surface area contributed by atoms with Gasteiger partial charge in [-0.15, -0.1) is 0 Å². The number of anilines is 2. The summed E-state index contributed by atoms with van der Waals surface area (Å²) in [7, 11) is -2.22. The van der Waals surface area contributed by atoms with Crippen molar-refractivity contribution in [2.45, 2.75) is 51.9 Å². The van der Waals surface area contributed by atoms with Gasteiger partial charge in [0, 0.05) is 27.8 Å². The lowest BCUT2D eigenvalue weighted by atomic mass is 10.2. The Labute approximate surface area is 224 Å². The molecule has 0 saturated carbocycles. The fourth-order valence-corrected chi connectivity index (χ4v) is 4.92. The fourth-order valence-electron chi connectivity index (χ4n) is 3.29. The molecular weight excluding hydrogens is 543 g/mol. The second-order valence-electron chi connectivity index (χ2n) is 8.69. The van der Waals surface area contributed by atoms with E-state index >= 15 is 0 Å². The molecule has 1 amide bonds. The second-order valence-corrected chi connectivity index (χ2v) is 11.7. The molecule has 206 valence electrons. The minimum absolute atomic E-state index is 0.117. The van der Waals surface area contributed by atoms with Crippen molar-refractivity contribution in [2.75, 3.05) is 16.8 Å². The molecule has 2 aromatic rings. The summed E-state index contributed by atoms with van der Waals surface area (Å²) >= 11 is 6.10. The van der Waals surface area contributed by atoms with Crippen molar-refractivity contribution >= 4 is 51.4 Å². The van der Waals surface area contributed by atoms with Crippen molar-refractivity contribution < 1.29 is 26.9 Å². The Balaban J connectivity index is 1.88. The van der Waals surface area contributed by atoms with Gasteiger partial charge in [0.15, 0.2) is 6.10 Å². The molecule has 0 spiro atoms. The van der Waals surface area contributed by atoms with E-state index in [4.69, 9.17) is 16.3 Å². The molecule has 0 bridgehead atoms. The van der Waals surface area contributed by atoms with Crippen LogP contribution in [0.3, 0.4) is 0 Å². The lowest BCUT2D eigenvalue weighted by molar-refractivity contribution is -0.160. The maximum absolute atomic E-state index is 12.8. The first kappa shape index (κ1) is 29.4. The summed E-state index contributed by atoms with van der Waals surface area (Å²) in [4.78, 5) is 20.8. The molecule has 1 aromatic carbocycles. The van der Waals surface area contributed by atoms with Crippen LogP contribution in [0.5, 0.6) is 5.75 Å². The van der Waals surface area contributed by atoms with Crippen LogP contribution in [0.4, 0.5) is 24.7 Å². The van der Waals surface area contributed by atoms with Crippen molar-refractivity contribution in [3.8, 4) is 5.75 Å². The average Bonchev–Trinajstić information content (AvgIpc) is 2.81. The third-order valence-electron chi connectivity index (χ3n) is 5.59. The van der Waals surface area contributed by atoms with Gasteiger partial charge in [-0.1, -0.05) is 31.2 Å². The van der Waals surface area contributed by atoms with Gasteiger partial charge in [0.25, 0.3) is 5.91 Å². The Kier molecular flexibility index (Phi) is 9.42. The number of amides is 1. The number of aromatic nitrogens is 2. The predicted molar refractivity (Wildman–Crippen MR) is 143 cm³/mol. The Morgan fingerprint density at radius 2 is 2.03 bits per heavy atom. The van der Waals surface area contributed by atoms with Gasteiger partial charge in [0.2, 0.25) is 0 Å². The molecule has 2 atom stereocenters. The van der Waals surface area contributed by atoms with Crippen molar-refractivity contribution in [2.24, 2.45) is 4.36 Å². The van der Waals surface area contributed by atoms with Crippen LogP contribution >= 0.6 is 11.6 Å². The molecule has 0 aliphatic carbocycles. The summed E-state index contributed by atoms with van der Waals surface area (Å²) in [5.74, 6) is 0.624. The highest BCUT2D eigenvalue weighted by Crippen LogP contribution is 2.30. The van der Waals surface area contributed by atoms with Gasteiger partial charge in [-0.2, -0.15) is 17.5 Å². The number of allylic oxidation sites excluding steroid dienone is 2. The van der Waals surface area contributed by atoms with Crippen molar-refractivity contribution in [3.05, 3.63) is 51.9 Å². The molecule has 8 nitrogen and oxygen atoms in total. The summed E-state index contributed by atoms with van der Waals surface area (Å²) in [6.07, 6.45) is 0.597. The van der Waals surface area contributed by atoms with Gasteiger partial charge in [0.1, 0.15) is 23.9 Å². The standard InChI is InChI=1S/C25H29ClF3N5O3S/c1-5-7-19(34-38(36)10-6-11-38)13-21-15(2)23(31-14-30-21)33-20-9-8-18(26)12-22(20)37-16(3)24(35)32-17(4)25(27,28)29/h7-9,12-14,16-17H,2,5-6,10-11H2,1,3-4H3,(H,32,35)(H,30,31,33)/b19-7+,21-13+/t16-,17-/m1/s1. The molecular formula is C25H29ClF3N5O3S. The smallest absolute Gasteiger partial charge is 0.408 e. The van der Waals surface area contributed by atoms with Crippen molar-refractivity contribution in [1.82, 2.24) is 15.3 Å². The van der Waals surface area contributed by atoms with Crippen LogP contribution in [0, 0.1) is 0 Å². The van der Waals surface area contributed by atoms with E-state index in [0.29, 0.717) is 45.7 Å². The molecule has 13 heteroatoms. The molecule has 1 fully saturated rings. The van der Waals surface area contributed by atoms with E-state index in [2.05, 4.69) is 26.2 Å². The number of rotatable bonds is 9. The number of benzene rings is 1. The Morgan fingerprint density at radius 1 is 1.32 bits per heavy atom. The van der Waals surface area contributed by atoms with E-state index in [1.165, 1.54) is 19.3 Å².